The van der Waals surface area contributed by atoms with Gasteiger partial charge in [-0.05, 0) is 73.9 Å². The third kappa shape index (κ3) is 3.84. The number of carbonyl (C=O) groups is 2. The first-order valence-corrected chi connectivity index (χ1v) is 12.8. The van der Waals surface area contributed by atoms with Crippen molar-refractivity contribution in [1.82, 2.24) is 15.2 Å². The topological polar surface area (TPSA) is 75.4 Å². The highest BCUT2D eigenvalue weighted by Crippen LogP contribution is 2.50. The van der Waals surface area contributed by atoms with Gasteiger partial charge in [-0.3, -0.25) is 9.59 Å². The third-order valence-electron chi connectivity index (χ3n) is 7.48. The number of amides is 2. The number of fused-ring (bicyclic) bond motifs is 2. The van der Waals surface area contributed by atoms with Crippen LogP contribution in [0.1, 0.15) is 43.4 Å². The Labute approximate surface area is 208 Å². The molecule has 2 amide bonds. The number of piperidine rings is 1. The summed E-state index contributed by atoms with van der Waals surface area (Å²) in [7, 11) is 0. The molecule has 2 aromatic carbocycles. The lowest BCUT2D eigenvalue weighted by molar-refractivity contribution is 0.0690. The van der Waals surface area contributed by atoms with E-state index in [1.165, 1.54) is 11.1 Å². The van der Waals surface area contributed by atoms with Crippen molar-refractivity contribution in [3.63, 3.8) is 0 Å². The van der Waals surface area contributed by atoms with E-state index in [-0.39, 0.29) is 17.9 Å². The maximum Gasteiger partial charge on any atom is 0.274 e. The summed E-state index contributed by atoms with van der Waals surface area (Å²) >= 11 is 1.56. The summed E-state index contributed by atoms with van der Waals surface area (Å²) in [5, 5.41) is 4.76. The van der Waals surface area contributed by atoms with Gasteiger partial charge in [0.05, 0.1) is 27.8 Å². The molecule has 35 heavy (non-hydrogen) atoms. The normalized spacial score (nSPS) is 20.8. The molecule has 6 nitrogen and oxygen atoms in total. The molecule has 3 heterocycles. The smallest absolute Gasteiger partial charge is 0.274 e. The summed E-state index contributed by atoms with van der Waals surface area (Å²) in [6, 6.07) is 13.6. The van der Waals surface area contributed by atoms with Crippen molar-refractivity contribution < 1.29 is 14.0 Å². The van der Waals surface area contributed by atoms with Gasteiger partial charge in [-0.1, -0.05) is 24.3 Å². The average Bonchev–Trinajstić information content (AvgIpc) is 3.16. The number of thiazole rings is 1. The van der Waals surface area contributed by atoms with E-state index >= 15 is 0 Å². The number of nitrogens with zero attached hydrogens (tertiary/aromatic N) is 2. The number of furan rings is 1. The van der Waals surface area contributed by atoms with E-state index in [1.807, 2.05) is 30.0 Å². The Hall–Kier alpha value is -3.45. The van der Waals surface area contributed by atoms with E-state index in [1.54, 1.807) is 23.7 Å². The Balaban J connectivity index is 1.24. The predicted molar refractivity (Wildman–Crippen MR) is 137 cm³/mol. The van der Waals surface area contributed by atoms with Gasteiger partial charge in [0.15, 0.2) is 0 Å². The minimum Gasteiger partial charge on any atom is -0.464 e. The SMILES string of the molecule is Cc1nc(C(=O)N2C[C@H]3C[C@H]3[C@H]2CNC(=O)c2cccc3occc23)c(-c2ccc(C)c(C)c2)s1. The van der Waals surface area contributed by atoms with Crippen LogP contribution in [0.2, 0.25) is 0 Å². The van der Waals surface area contributed by atoms with Crippen LogP contribution in [-0.4, -0.2) is 40.8 Å². The van der Waals surface area contributed by atoms with Gasteiger partial charge >= 0.3 is 0 Å². The fraction of sp³-hybridized carbons (Fsp3) is 0.321. The lowest BCUT2D eigenvalue weighted by Gasteiger charge is -2.27. The van der Waals surface area contributed by atoms with Crippen molar-refractivity contribution in [3.05, 3.63) is 76.1 Å². The van der Waals surface area contributed by atoms with Gasteiger partial charge in [0, 0.05) is 18.5 Å². The second-order valence-corrected chi connectivity index (χ2v) is 10.9. The molecule has 1 saturated carbocycles. The van der Waals surface area contributed by atoms with Gasteiger partial charge in [-0.25, -0.2) is 4.98 Å². The number of likely N-dealkylation sites (tertiary alicyclic amines) is 1. The molecule has 1 N–H and O–H groups in total. The molecule has 2 aliphatic rings. The van der Waals surface area contributed by atoms with Gasteiger partial charge in [0.2, 0.25) is 0 Å². The Morgan fingerprint density at radius 2 is 2.00 bits per heavy atom. The molecule has 0 bridgehead atoms. The van der Waals surface area contributed by atoms with Crippen LogP contribution in [0.25, 0.3) is 21.4 Å². The molecule has 2 fully saturated rings. The Kier molecular flexibility index (Phi) is 5.25. The molecule has 2 aromatic heterocycles. The zero-order valence-electron chi connectivity index (χ0n) is 20.0. The summed E-state index contributed by atoms with van der Waals surface area (Å²) < 4.78 is 5.43. The van der Waals surface area contributed by atoms with E-state index in [9.17, 15) is 9.59 Å². The van der Waals surface area contributed by atoms with Crippen molar-refractivity contribution in [2.75, 3.05) is 13.1 Å². The number of rotatable bonds is 5. The molecule has 1 aliphatic carbocycles. The largest absolute Gasteiger partial charge is 0.464 e. The molecule has 7 heteroatoms. The lowest BCUT2D eigenvalue weighted by Crippen LogP contribution is -2.45. The van der Waals surface area contributed by atoms with Gasteiger partial charge in [-0.15, -0.1) is 11.3 Å². The van der Waals surface area contributed by atoms with E-state index < -0.39 is 0 Å². The first-order chi connectivity index (χ1) is 16.9. The lowest BCUT2D eigenvalue weighted by atomic mass is 10.0. The summed E-state index contributed by atoms with van der Waals surface area (Å²) in [4.78, 5) is 34.3. The fourth-order valence-corrected chi connectivity index (χ4v) is 6.24. The van der Waals surface area contributed by atoms with Crippen molar-refractivity contribution >= 4 is 34.1 Å². The molecule has 0 unspecified atom stereocenters. The Morgan fingerprint density at radius 1 is 1.14 bits per heavy atom. The van der Waals surface area contributed by atoms with Crippen molar-refractivity contribution in [2.24, 2.45) is 11.8 Å². The number of nitrogens with one attached hydrogen (secondary N) is 1. The molecule has 1 saturated heterocycles. The highest BCUT2D eigenvalue weighted by atomic mass is 32.1. The quantitative estimate of drug-likeness (QED) is 0.412. The number of benzene rings is 2. The Morgan fingerprint density at radius 3 is 2.83 bits per heavy atom. The summed E-state index contributed by atoms with van der Waals surface area (Å²) in [6.07, 6.45) is 2.71. The molecule has 178 valence electrons. The molecule has 1 aliphatic heterocycles. The maximum absolute atomic E-state index is 13.8. The van der Waals surface area contributed by atoms with Crippen LogP contribution < -0.4 is 5.32 Å². The van der Waals surface area contributed by atoms with Crippen molar-refractivity contribution in [1.29, 1.82) is 0 Å². The standard InChI is InChI=1S/C28H27N3O3S/c1-15-7-8-18(11-16(15)2)26-25(30-17(3)35-26)28(33)31-14-19-12-22(19)23(31)13-29-27(32)21-5-4-6-24-20(21)9-10-34-24/h4-11,19,22-23H,12-14H2,1-3H3,(H,29,32)/t19-,22-,23-/m1/s1. The van der Waals surface area contributed by atoms with E-state index in [0.717, 1.165) is 33.8 Å². The van der Waals surface area contributed by atoms with Crippen LogP contribution in [0.5, 0.6) is 0 Å². The third-order valence-corrected chi connectivity index (χ3v) is 8.50. The van der Waals surface area contributed by atoms with Gasteiger partial charge in [0.1, 0.15) is 11.3 Å². The van der Waals surface area contributed by atoms with E-state index in [2.05, 4.69) is 42.3 Å². The van der Waals surface area contributed by atoms with Crippen LogP contribution in [0.15, 0.2) is 53.1 Å². The molecule has 4 aromatic rings. The second-order valence-electron chi connectivity index (χ2n) is 9.74. The number of hydrogen-bond acceptors (Lipinski definition) is 5. The minimum atomic E-state index is -0.145. The van der Waals surface area contributed by atoms with E-state index in [0.29, 0.717) is 35.2 Å². The first kappa shape index (κ1) is 22.0. The summed E-state index contributed by atoms with van der Waals surface area (Å²) in [5.41, 5.74) is 5.26. The minimum absolute atomic E-state index is 0.0189. The molecule has 6 rings (SSSR count). The summed E-state index contributed by atoms with van der Waals surface area (Å²) in [5.74, 6) is 0.775. The van der Waals surface area contributed by atoms with Gasteiger partial charge in [-0.2, -0.15) is 0 Å². The Bertz CT molecular complexity index is 1470. The highest BCUT2D eigenvalue weighted by Gasteiger charge is 2.54. The van der Waals surface area contributed by atoms with E-state index in [4.69, 9.17) is 4.42 Å². The van der Waals surface area contributed by atoms with Crippen LogP contribution >= 0.6 is 11.3 Å². The number of hydrogen-bond donors (Lipinski definition) is 1. The van der Waals surface area contributed by atoms with Crippen LogP contribution in [0.4, 0.5) is 0 Å². The number of aromatic nitrogens is 1. The maximum atomic E-state index is 13.8. The molecule has 3 atom stereocenters. The molecular formula is C28H27N3O3S. The molecular weight excluding hydrogens is 458 g/mol. The first-order valence-electron chi connectivity index (χ1n) is 12.0. The highest BCUT2D eigenvalue weighted by molar-refractivity contribution is 7.15. The van der Waals surface area contributed by atoms with Crippen LogP contribution in [-0.2, 0) is 0 Å². The monoisotopic (exact) mass is 485 g/mol. The zero-order chi connectivity index (χ0) is 24.3. The molecule has 0 radical (unpaired) electrons. The average molecular weight is 486 g/mol. The molecule has 0 spiro atoms. The zero-order valence-corrected chi connectivity index (χ0v) is 20.8. The number of carbonyl (C=O) groups excluding carboxylic acids is 2. The fourth-order valence-electron chi connectivity index (χ4n) is 5.34. The van der Waals surface area contributed by atoms with Crippen LogP contribution in [0.3, 0.4) is 0 Å². The van der Waals surface area contributed by atoms with Crippen LogP contribution in [0, 0.1) is 32.6 Å². The second kappa shape index (κ2) is 8.34. The van der Waals surface area contributed by atoms with Crippen molar-refractivity contribution in [3.8, 4) is 10.4 Å². The number of aryl methyl sites for hydroxylation is 3. The van der Waals surface area contributed by atoms with Gasteiger partial charge in [0.25, 0.3) is 11.8 Å². The van der Waals surface area contributed by atoms with Crippen molar-refractivity contribution in [2.45, 2.75) is 33.2 Å². The van der Waals surface area contributed by atoms with Gasteiger partial charge < -0.3 is 14.6 Å². The summed E-state index contributed by atoms with van der Waals surface area (Å²) in [6.45, 7) is 7.28. The predicted octanol–water partition coefficient (Wildman–Crippen LogP) is 5.37.